The van der Waals surface area contributed by atoms with Crippen LogP contribution >= 0.6 is 24.0 Å². The molecule has 0 aromatic heterocycles. The van der Waals surface area contributed by atoms with Gasteiger partial charge in [0, 0.05) is 30.3 Å². The number of carbonyl (C=O) groups excluding carboxylic acids is 1. The van der Waals surface area contributed by atoms with Crippen molar-refractivity contribution in [1.82, 2.24) is 10.6 Å². The molecular formula is C21H35IN4O3. The van der Waals surface area contributed by atoms with E-state index in [4.69, 9.17) is 9.47 Å². The zero-order valence-electron chi connectivity index (χ0n) is 18.0. The molecule has 7 nitrogen and oxygen atoms in total. The van der Waals surface area contributed by atoms with Gasteiger partial charge in [0.15, 0.2) is 17.5 Å². The van der Waals surface area contributed by atoms with Crippen molar-refractivity contribution in [2.45, 2.75) is 58.9 Å². The minimum absolute atomic E-state index is 0. The van der Waals surface area contributed by atoms with Crippen molar-refractivity contribution in [1.29, 1.82) is 0 Å². The number of rotatable bonds is 7. The molecule has 2 rings (SSSR count). The number of nitrogens with one attached hydrogen (secondary N) is 3. The van der Waals surface area contributed by atoms with Crippen LogP contribution in [0.5, 0.6) is 11.5 Å². The Morgan fingerprint density at radius 3 is 2.55 bits per heavy atom. The number of benzene rings is 1. The largest absolute Gasteiger partial charge is 0.490 e. The van der Waals surface area contributed by atoms with E-state index in [0.29, 0.717) is 19.2 Å². The number of unbranched alkanes of at least 4 members (excludes halogenated alkanes) is 2. The quantitative estimate of drug-likeness (QED) is 0.221. The number of anilines is 1. The van der Waals surface area contributed by atoms with Crippen LogP contribution in [0.4, 0.5) is 5.69 Å². The van der Waals surface area contributed by atoms with Crippen molar-refractivity contribution in [2.24, 2.45) is 4.99 Å². The lowest BCUT2D eigenvalue weighted by molar-refractivity contribution is -0.121. The summed E-state index contributed by atoms with van der Waals surface area (Å²) < 4.78 is 11.4. The number of ether oxygens (including phenoxy) is 2. The number of hydrogen-bond acceptors (Lipinski definition) is 4. The van der Waals surface area contributed by atoms with Crippen LogP contribution in [0, 0.1) is 0 Å². The van der Waals surface area contributed by atoms with E-state index in [2.05, 4.69) is 27.9 Å². The van der Waals surface area contributed by atoms with Crippen LogP contribution in [-0.2, 0) is 4.79 Å². The Balaban J connectivity index is 0.00000420. The van der Waals surface area contributed by atoms with Gasteiger partial charge in [-0.25, -0.2) is 4.99 Å². The van der Waals surface area contributed by atoms with Gasteiger partial charge in [0.05, 0.1) is 13.2 Å². The van der Waals surface area contributed by atoms with Crippen LogP contribution in [0.15, 0.2) is 23.2 Å². The lowest BCUT2D eigenvalue weighted by Gasteiger charge is -2.20. The molecule has 0 saturated carbocycles. The number of fused-ring (bicyclic) bond motifs is 1. The number of carbonyl (C=O) groups is 1. The summed E-state index contributed by atoms with van der Waals surface area (Å²) in [7, 11) is 0. The highest BCUT2D eigenvalue weighted by Crippen LogP contribution is 2.32. The van der Waals surface area contributed by atoms with E-state index >= 15 is 0 Å². The van der Waals surface area contributed by atoms with Crippen LogP contribution in [-0.4, -0.2) is 43.7 Å². The van der Waals surface area contributed by atoms with Crippen molar-refractivity contribution in [3.05, 3.63) is 18.2 Å². The van der Waals surface area contributed by atoms with E-state index in [-0.39, 0.29) is 42.0 Å². The average molecular weight is 518 g/mol. The van der Waals surface area contributed by atoms with Gasteiger partial charge in [-0.05, 0) is 39.3 Å². The summed E-state index contributed by atoms with van der Waals surface area (Å²) in [6.45, 7) is 10.2. The third-order valence-electron chi connectivity index (χ3n) is 3.98. The van der Waals surface area contributed by atoms with Gasteiger partial charge in [-0.2, -0.15) is 0 Å². The molecule has 0 atom stereocenters. The van der Waals surface area contributed by atoms with Gasteiger partial charge < -0.3 is 25.4 Å². The molecule has 1 aliphatic heterocycles. The number of amides is 1. The SMILES string of the molecule is CCCCCNC(=NCC(=O)NC(C)(C)C)Nc1ccc2c(c1)OCCCO2.I. The maximum absolute atomic E-state index is 12.1. The van der Waals surface area contributed by atoms with Gasteiger partial charge in [0.2, 0.25) is 5.91 Å². The lowest BCUT2D eigenvalue weighted by Crippen LogP contribution is -2.42. The topological polar surface area (TPSA) is 84.0 Å². The van der Waals surface area contributed by atoms with Crippen molar-refractivity contribution in [2.75, 3.05) is 31.6 Å². The monoisotopic (exact) mass is 518 g/mol. The second-order valence-corrected chi connectivity index (χ2v) is 7.93. The van der Waals surface area contributed by atoms with Crippen molar-refractivity contribution >= 4 is 41.5 Å². The highest BCUT2D eigenvalue weighted by Gasteiger charge is 2.14. The normalized spacial score (nSPS) is 13.7. The molecule has 1 heterocycles. The predicted molar refractivity (Wildman–Crippen MR) is 129 cm³/mol. The molecule has 1 aromatic rings. The number of guanidine groups is 1. The molecule has 0 spiro atoms. The minimum Gasteiger partial charge on any atom is -0.490 e. The van der Waals surface area contributed by atoms with Crippen LogP contribution in [0.1, 0.15) is 53.4 Å². The average Bonchev–Trinajstić information content (AvgIpc) is 2.86. The zero-order valence-corrected chi connectivity index (χ0v) is 20.3. The summed E-state index contributed by atoms with van der Waals surface area (Å²) in [5.74, 6) is 1.94. The number of hydrogen-bond donors (Lipinski definition) is 3. The summed E-state index contributed by atoms with van der Waals surface area (Å²) in [6.07, 6.45) is 4.21. The van der Waals surface area contributed by atoms with Crippen LogP contribution < -0.4 is 25.4 Å². The van der Waals surface area contributed by atoms with Gasteiger partial charge in [0.25, 0.3) is 0 Å². The fourth-order valence-electron chi connectivity index (χ4n) is 2.71. The molecule has 0 bridgehead atoms. The Kier molecular flexibility index (Phi) is 11.2. The molecule has 0 fully saturated rings. The summed E-state index contributed by atoms with van der Waals surface area (Å²) in [6, 6.07) is 5.72. The Morgan fingerprint density at radius 1 is 1.14 bits per heavy atom. The first-order valence-corrected chi connectivity index (χ1v) is 10.1. The molecule has 8 heteroatoms. The molecule has 0 radical (unpaired) electrons. The molecule has 1 amide bonds. The van der Waals surface area contributed by atoms with E-state index in [9.17, 15) is 4.79 Å². The van der Waals surface area contributed by atoms with E-state index in [1.165, 1.54) is 0 Å². The minimum atomic E-state index is -0.275. The fraction of sp³-hybridized carbons (Fsp3) is 0.619. The molecule has 1 aromatic carbocycles. The third kappa shape index (κ3) is 10.0. The summed E-state index contributed by atoms with van der Waals surface area (Å²) in [5, 5.41) is 9.49. The van der Waals surface area contributed by atoms with E-state index < -0.39 is 0 Å². The summed E-state index contributed by atoms with van der Waals surface area (Å²) in [4.78, 5) is 16.6. The molecule has 1 aliphatic rings. The molecule has 0 aliphatic carbocycles. The highest BCUT2D eigenvalue weighted by molar-refractivity contribution is 14.0. The zero-order chi connectivity index (χ0) is 20.4. The van der Waals surface area contributed by atoms with E-state index in [0.717, 1.165) is 49.4 Å². The molecular weight excluding hydrogens is 483 g/mol. The smallest absolute Gasteiger partial charge is 0.242 e. The Labute approximate surface area is 191 Å². The Hall–Kier alpha value is -1.71. The van der Waals surface area contributed by atoms with E-state index in [1.54, 1.807) is 0 Å². The standard InChI is InChI=1S/C21H34N4O3.HI/c1-5-6-7-11-22-20(23-15-19(26)25-21(2,3)4)24-16-9-10-17-18(14-16)28-13-8-12-27-17;/h9-10,14H,5-8,11-13,15H2,1-4H3,(H,25,26)(H2,22,23,24);1H. The Morgan fingerprint density at radius 2 is 1.86 bits per heavy atom. The molecule has 0 unspecified atom stereocenters. The second kappa shape index (κ2) is 12.8. The maximum Gasteiger partial charge on any atom is 0.242 e. The third-order valence-corrected chi connectivity index (χ3v) is 3.98. The van der Waals surface area contributed by atoms with Crippen molar-refractivity contribution in [3.8, 4) is 11.5 Å². The van der Waals surface area contributed by atoms with E-state index in [1.807, 2.05) is 39.0 Å². The van der Waals surface area contributed by atoms with Gasteiger partial charge in [-0.1, -0.05) is 19.8 Å². The predicted octanol–water partition coefficient (Wildman–Crippen LogP) is 3.93. The number of aliphatic imine (C=N–C) groups is 1. The molecule has 3 N–H and O–H groups in total. The van der Waals surface area contributed by atoms with Crippen molar-refractivity contribution < 1.29 is 14.3 Å². The number of halogens is 1. The fourth-order valence-corrected chi connectivity index (χ4v) is 2.71. The van der Waals surface area contributed by atoms with Crippen molar-refractivity contribution in [3.63, 3.8) is 0 Å². The number of nitrogens with zero attached hydrogens (tertiary/aromatic N) is 1. The molecule has 29 heavy (non-hydrogen) atoms. The van der Waals surface area contributed by atoms with Crippen LogP contribution in [0.25, 0.3) is 0 Å². The molecule has 164 valence electrons. The van der Waals surface area contributed by atoms with Gasteiger partial charge in [-0.3, -0.25) is 4.79 Å². The second-order valence-electron chi connectivity index (χ2n) is 7.93. The first-order valence-electron chi connectivity index (χ1n) is 10.1. The lowest BCUT2D eigenvalue weighted by atomic mass is 10.1. The highest BCUT2D eigenvalue weighted by atomic mass is 127. The summed E-state index contributed by atoms with van der Waals surface area (Å²) in [5.41, 5.74) is 0.561. The van der Waals surface area contributed by atoms with Crippen LogP contribution in [0.2, 0.25) is 0 Å². The van der Waals surface area contributed by atoms with Crippen LogP contribution in [0.3, 0.4) is 0 Å². The first-order chi connectivity index (χ1) is 13.4. The summed E-state index contributed by atoms with van der Waals surface area (Å²) >= 11 is 0. The maximum atomic E-state index is 12.1. The van der Waals surface area contributed by atoms with Gasteiger partial charge >= 0.3 is 0 Å². The first kappa shape index (κ1) is 25.3. The molecule has 0 saturated heterocycles. The van der Waals surface area contributed by atoms with Gasteiger partial charge in [-0.15, -0.1) is 24.0 Å². The Bertz CT molecular complexity index is 674. The van der Waals surface area contributed by atoms with Gasteiger partial charge in [0.1, 0.15) is 6.54 Å².